The first-order chi connectivity index (χ1) is 8.01. The third kappa shape index (κ3) is 7.70. The summed E-state index contributed by atoms with van der Waals surface area (Å²) in [5.74, 6) is -0.583. The minimum atomic E-state index is -0.712. The molecule has 0 aromatic heterocycles. The molecule has 0 saturated heterocycles. The molecule has 0 aliphatic carbocycles. The lowest BCUT2D eigenvalue weighted by atomic mass is 10.2. The summed E-state index contributed by atoms with van der Waals surface area (Å²) >= 11 is 0. The molecule has 1 atom stereocenters. The number of rotatable bonds is 8. The van der Waals surface area contributed by atoms with Gasteiger partial charge in [-0.2, -0.15) is 0 Å². The fourth-order valence-electron chi connectivity index (χ4n) is 1.30. The molecule has 0 bridgehead atoms. The molecule has 17 heavy (non-hydrogen) atoms. The van der Waals surface area contributed by atoms with E-state index in [1.165, 1.54) is 12.0 Å². The average Bonchev–Trinajstić information content (AvgIpc) is 2.26. The zero-order valence-corrected chi connectivity index (χ0v) is 10.6. The van der Waals surface area contributed by atoms with Crippen molar-refractivity contribution in [2.45, 2.75) is 25.9 Å². The number of carbonyl (C=O) groups excluding carboxylic acids is 2. The minimum Gasteiger partial charge on any atom is -0.466 e. The minimum absolute atomic E-state index is 0.0669. The van der Waals surface area contributed by atoms with Gasteiger partial charge in [-0.15, -0.1) is 0 Å². The number of methoxy groups -OCH3 is 1. The SMILES string of the molecule is CCOC(=O)CCC(=O)N(C)CC(O)COC. The van der Waals surface area contributed by atoms with E-state index in [2.05, 4.69) is 0 Å². The Morgan fingerprint density at radius 1 is 1.35 bits per heavy atom. The van der Waals surface area contributed by atoms with Crippen molar-refractivity contribution in [3.05, 3.63) is 0 Å². The van der Waals surface area contributed by atoms with Crippen LogP contribution in [0.25, 0.3) is 0 Å². The first-order valence-corrected chi connectivity index (χ1v) is 5.57. The van der Waals surface area contributed by atoms with Crippen molar-refractivity contribution in [1.82, 2.24) is 4.90 Å². The van der Waals surface area contributed by atoms with E-state index >= 15 is 0 Å². The van der Waals surface area contributed by atoms with E-state index in [9.17, 15) is 14.7 Å². The molecule has 0 rings (SSSR count). The molecule has 0 fully saturated rings. The highest BCUT2D eigenvalue weighted by molar-refractivity contribution is 5.81. The summed E-state index contributed by atoms with van der Waals surface area (Å²) < 4.78 is 9.46. The van der Waals surface area contributed by atoms with Crippen LogP contribution >= 0.6 is 0 Å². The van der Waals surface area contributed by atoms with Gasteiger partial charge in [0.2, 0.25) is 5.91 Å². The van der Waals surface area contributed by atoms with Crippen LogP contribution in [-0.2, 0) is 19.1 Å². The quantitative estimate of drug-likeness (QED) is 0.601. The topological polar surface area (TPSA) is 76.1 Å². The molecule has 0 radical (unpaired) electrons. The molecule has 1 N–H and O–H groups in total. The Morgan fingerprint density at radius 3 is 2.53 bits per heavy atom. The van der Waals surface area contributed by atoms with Gasteiger partial charge in [-0.25, -0.2) is 0 Å². The summed E-state index contributed by atoms with van der Waals surface area (Å²) in [7, 11) is 3.05. The number of carbonyl (C=O) groups is 2. The maximum Gasteiger partial charge on any atom is 0.306 e. The summed E-state index contributed by atoms with van der Waals surface area (Å²) in [4.78, 5) is 24.0. The van der Waals surface area contributed by atoms with Gasteiger partial charge in [0.1, 0.15) is 0 Å². The van der Waals surface area contributed by atoms with Crippen molar-refractivity contribution in [2.75, 3.05) is 33.9 Å². The van der Waals surface area contributed by atoms with Crippen LogP contribution in [0.2, 0.25) is 0 Å². The van der Waals surface area contributed by atoms with Crippen molar-refractivity contribution < 1.29 is 24.2 Å². The van der Waals surface area contributed by atoms with Crippen molar-refractivity contribution in [1.29, 1.82) is 0 Å². The van der Waals surface area contributed by atoms with Crippen molar-refractivity contribution in [3.63, 3.8) is 0 Å². The predicted molar refractivity (Wildman–Crippen MR) is 61.4 cm³/mol. The Hall–Kier alpha value is -1.14. The van der Waals surface area contributed by atoms with E-state index in [-0.39, 0.29) is 37.9 Å². The monoisotopic (exact) mass is 247 g/mol. The molecule has 0 heterocycles. The summed E-state index contributed by atoms with van der Waals surface area (Å²) in [5.41, 5.74) is 0. The van der Waals surface area contributed by atoms with E-state index < -0.39 is 6.10 Å². The summed E-state index contributed by atoms with van der Waals surface area (Å²) in [6, 6.07) is 0. The molecule has 6 nitrogen and oxygen atoms in total. The maximum absolute atomic E-state index is 11.6. The Balaban J connectivity index is 3.85. The van der Waals surface area contributed by atoms with E-state index in [4.69, 9.17) is 9.47 Å². The van der Waals surface area contributed by atoms with Crippen LogP contribution in [-0.4, -0.2) is 61.9 Å². The molecule has 0 aliphatic heterocycles. The van der Waals surface area contributed by atoms with Gasteiger partial charge in [0.15, 0.2) is 0 Å². The van der Waals surface area contributed by atoms with Gasteiger partial charge in [0, 0.05) is 27.1 Å². The lowest BCUT2D eigenvalue weighted by Gasteiger charge is -2.20. The summed E-state index contributed by atoms with van der Waals surface area (Å²) in [5, 5.41) is 9.42. The highest BCUT2D eigenvalue weighted by Crippen LogP contribution is 1.99. The van der Waals surface area contributed by atoms with E-state index in [1.54, 1.807) is 14.0 Å². The number of ether oxygens (including phenoxy) is 2. The number of amides is 1. The molecule has 6 heteroatoms. The predicted octanol–water partition coefficient (Wildman–Crippen LogP) is -0.205. The lowest BCUT2D eigenvalue weighted by molar-refractivity contribution is -0.145. The third-order valence-electron chi connectivity index (χ3n) is 2.12. The Kier molecular flexibility index (Phi) is 8.35. The third-order valence-corrected chi connectivity index (χ3v) is 2.12. The second-order valence-electron chi connectivity index (χ2n) is 3.69. The van der Waals surface area contributed by atoms with Gasteiger partial charge in [0.05, 0.1) is 25.7 Å². The Bertz CT molecular complexity index is 244. The van der Waals surface area contributed by atoms with Crippen molar-refractivity contribution in [2.24, 2.45) is 0 Å². The normalized spacial score (nSPS) is 12.0. The summed E-state index contributed by atoms with van der Waals surface area (Å²) in [6.45, 7) is 2.40. The first kappa shape index (κ1) is 15.9. The molecule has 0 aliphatic rings. The highest BCUT2D eigenvalue weighted by Gasteiger charge is 2.15. The van der Waals surface area contributed by atoms with Crippen LogP contribution in [0.1, 0.15) is 19.8 Å². The molecule has 0 spiro atoms. The highest BCUT2D eigenvalue weighted by atomic mass is 16.5. The lowest BCUT2D eigenvalue weighted by Crippen LogP contribution is -2.36. The fraction of sp³-hybridized carbons (Fsp3) is 0.818. The molecule has 100 valence electrons. The number of hydrogen-bond donors (Lipinski definition) is 1. The molecule has 0 aromatic rings. The zero-order valence-electron chi connectivity index (χ0n) is 10.6. The number of aliphatic hydroxyl groups excluding tert-OH is 1. The second kappa shape index (κ2) is 8.95. The van der Waals surface area contributed by atoms with Gasteiger partial charge >= 0.3 is 5.97 Å². The van der Waals surface area contributed by atoms with Crippen molar-refractivity contribution >= 4 is 11.9 Å². The zero-order chi connectivity index (χ0) is 13.3. The molecular weight excluding hydrogens is 226 g/mol. The number of nitrogens with zero attached hydrogens (tertiary/aromatic N) is 1. The van der Waals surface area contributed by atoms with Crippen LogP contribution in [0.5, 0.6) is 0 Å². The summed E-state index contributed by atoms with van der Waals surface area (Å²) in [6.07, 6.45) is -0.552. The van der Waals surface area contributed by atoms with Crippen LogP contribution in [0.3, 0.4) is 0 Å². The van der Waals surface area contributed by atoms with Gasteiger partial charge in [-0.05, 0) is 6.92 Å². The molecule has 0 saturated carbocycles. The smallest absolute Gasteiger partial charge is 0.306 e. The molecule has 0 aromatic carbocycles. The molecular formula is C11H21NO5. The maximum atomic E-state index is 11.6. The Labute approximate surface area is 101 Å². The first-order valence-electron chi connectivity index (χ1n) is 5.57. The van der Waals surface area contributed by atoms with Crippen LogP contribution in [0.4, 0.5) is 0 Å². The van der Waals surface area contributed by atoms with E-state index in [0.29, 0.717) is 6.61 Å². The van der Waals surface area contributed by atoms with Gasteiger partial charge in [-0.1, -0.05) is 0 Å². The largest absolute Gasteiger partial charge is 0.466 e. The van der Waals surface area contributed by atoms with Gasteiger partial charge in [-0.3, -0.25) is 9.59 Å². The number of likely N-dealkylation sites (N-methyl/N-ethyl adjacent to an activating group) is 1. The van der Waals surface area contributed by atoms with Crippen LogP contribution < -0.4 is 0 Å². The second-order valence-corrected chi connectivity index (χ2v) is 3.69. The van der Waals surface area contributed by atoms with Crippen LogP contribution in [0, 0.1) is 0 Å². The van der Waals surface area contributed by atoms with E-state index in [0.717, 1.165) is 0 Å². The molecule has 1 amide bonds. The van der Waals surface area contributed by atoms with Gasteiger partial charge < -0.3 is 19.5 Å². The van der Waals surface area contributed by atoms with E-state index in [1.807, 2.05) is 0 Å². The number of hydrogen-bond acceptors (Lipinski definition) is 5. The Morgan fingerprint density at radius 2 is 2.00 bits per heavy atom. The fourth-order valence-corrected chi connectivity index (χ4v) is 1.30. The van der Waals surface area contributed by atoms with Gasteiger partial charge in [0.25, 0.3) is 0 Å². The molecule has 1 unspecified atom stereocenters. The van der Waals surface area contributed by atoms with Crippen molar-refractivity contribution in [3.8, 4) is 0 Å². The average molecular weight is 247 g/mol. The van der Waals surface area contributed by atoms with Crippen LogP contribution in [0.15, 0.2) is 0 Å². The standard InChI is InChI=1S/C11H21NO5/c1-4-17-11(15)6-5-10(14)12(2)7-9(13)8-16-3/h9,13H,4-8H2,1-3H3. The number of esters is 1. The number of aliphatic hydroxyl groups is 1.